The van der Waals surface area contributed by atoms with Crippen LogP contribution in [0.5, 0.6) is 5.75 Å². The minimum absolute atomic E-state index is 0.0868. The molecule has 2 unspecified atom stereocenters. The van der Waals surface area contributed by atoms with Gasteiger partial charge in [0.2, 0.25) is 0 Å². The summed E-state index contributed by atoms with van der Waals surface area (Å²) < 4.78 is 0. The minimum Gasteiger partial charge on any atom is -0.508 e. The highest BCUT2D eigenvalue weighted by Crippen LogP contribution is 2.44. The third-order valence-corrected chi connectivity index (χ3v) is 4.58. The lowest BCUT2D eigenvalue weighted by Crippen LogP contribution is -2.28. The number of thioether (sulfide) groups is 1. The van der Waals surface area contributed by atoms with E-state index in [1.807, 2.05) is 0 Å². The molecule has 1 aromatic rings. The van der Waals surface area contributed by atoms with Gasteiger partial charge in [-0.05, 0) is 43.0 Å². The van der Waals surface area contributed by atoms with Crippen molar-refractivity contribution in [3.63, 3.8) is 0 Å². The van der Waals surface area contributed by atoms with Gasteiger partial charge in [-0.15, -0.1) is 0 Å². The summed E-state index contributed by atoms with van der Waals surface area (Å²) in [5.74, 6) is -0.140. The smallest absolute Gasteiger partial charge is 0.319 e. The summed E-state index contributed by atoms with van der Waals surface area (Å²) in [7, 11) is 0. The number of nitrogens with zero attached hydrogens (tertiary/aromatic N) is 1. The number of carbonyl (C=O) groups is 1. The van der Waals surface area contributed by atoms with Crippen molar-refractivity contribution in [3.05, 3.63) is 29.8 Å². The SMILES string of the molecule is O=C(O)C1SC(c2ccc(O)cc2)=NC1C1CC1. The van der Waals surface area contributed by atoms with Crippen LogP contribution in [0.25, 0.3) is 0 Å². The van der Waals surface area contributed by atoms with Crippen LogP contribution in [0, 0.1) is 5.92 Å². The molecule has 0 amide bonds. The first-order valence-electron chi connectivity index (χ1n) is 5.92. The first kappa shape index (κ1) is 11.6. The highest BCUT2D eigenvalue weighted by Gasteiger charge is 2.44. The molecule has 1 fully saturated rings. The number of carboxylic acid groups (broad SMARTS) is 1. The molecule has 18 heavy (non-hydrogen) atoms. The number of phenolic OH excluding ortho intramolecular Hbond substituents is 1. The second-order valence-electron chi connectivity index (χ2n) is 4.69. The van der Waals surface area contributed by atoms with E-state index in [4.69, 9.17) is 0 Å². The molecule has 1 aliphatic carbocycles. The Morgan fingerprint density at radius 1 is 1.28 bits per heavy atom. The van der Waals surface area contributed by atoms with Crippen LogP contribution in [0.2, 0.25) is 0 Å². The van der Waals surface area contributed by atoms with E-state index in [0.717, 1.165) is 23.4 Å². The highest BCUT2D eigenvalue weighted by molar-refractivity contribution is 8.15. The van der Waals surface area contributed by atoms with Gasteiger partial charge in [0.25, 0.3) is 0 Å². The number of benzene rings is 1. The largest absolute Gasteiger partial charge is 0.508 e. The van der Waals surface area contributed by atoms with Crippen LogP contribution in [0.4, 0.5) is 0 Å². The number of hydrogen-bond donors (Lipinski definition) is 2. The predicted octanol–water partition coefficient (Wildman–Crippen LogP) is 2.12. The van der Waals surface area contributed by atoms with Gasteiger partial charge in [-0.3, -0.25) is 9.79 Å². The van der Waals surface area contributed by atoms with Crippen molar-refractivity contribution in [2.24, 2.45) is 10.9 Å². The lowest BCUT2D eigenvalue weighted by atomic mass is 10.1. The van der Waals surface area contributed by atoms with Crippen LogP contribution in [0.3, 0.4) is 0 Å². The molecule has 1 aromatic carbocycles. The molecular formula is C13H13NO3S. The van der Waals surface area contributed by atoms with Crippen molar-refractivity contribution in [1.29, 1.82) is 0 Å². The van der Waals surface area contributed by atoms with Crippen LogP contribution < -0.4 is 0 Å². The van der Waals surface area contributed by atoms with Crippen molar-refractivity contribution >= 4 is 22.8 Å². The Hall–Kier alpha value is -1.49. The van der Waals surface area contributed by atoms with Gasteiger partial charge < -0.3 is 10.2 Å². The standard InChI is InChI=1S/C13H13NO3S/c15-9-5-3-8(4-6-9)12-14-10(7-1-2-7)11(18-12)13(16)17/h3-7,10-11,15H,1-2H2,(H,16,17). The van der Waals surface area contributed by atoms with E-state index in [2.05, 4.69) is 4.99 Å². The summed E-state index contributed by atoms with van der Waals surface area (Å²) in [6.45, 7) is 0. The minimum atomic E-state index is -0.783. The number of carboxylic acids is 1. The number of aliphatic carboxylic acids is 1. The monoisotopic (exact) mass is 263 g/mol. The van der Waals surface area contributed by atoms with Crippen LogP contribution in [0.1, 0.15) is 18.4 Å². The molecule has 2 aliphatic rings. The first-order valence-corrected chi connectivity index (χ1v) is 6.80. The van der Waals surface area contributed by atoms with Crippen LogP contribution in [0.15, 0.2) is 29.3 Å². The fourth-order valence-corrected chi connectivity index (χ4v) is 3.38. The van der Waals surface area contributed by atoms with Crippen LogP contribution >= 0.6 is 11.8 Å². The zero-order valence-electron chi connectivity index (χ0n) is 9.61. The summed E-state index contributed by atoms with van der Waals surface area (Å²) in [4.78, 5) is 15.8. The van der Waals surface area contributed by atoms with Gasteiger partial charge in [0.15, 0.2) is 0 Å². The van der Waals surface area contributed by atoms with Crippen molar-refractivity contribution in [1.82, 2.24) is 0 Å². The maximum Gasteiger partial charge on any atom is 0.319 e. The number of aromatic hydroxyl groups is 1. The Morgan fingerprint density at radius 2 is 1.94 bits per heavy atom. The third kappa shape index (κ3) is 2.10. The highest BCUT2D eigenvalue weighted by atomic mass is 32.2. The molecule has 94 valence electrons. The molecular weight excluding hydrogens is 250 g/mol. The van der Waals surface area contributed by atoms with E-state index < -0.39 is 11.2 Å². The molecule has 2 N–H and O–H groups in total. The molecule has 0 radical (unpaired) electrons. The Kier molecular flexibility index (Phi) is 2.78. The van der Waals surface area contributed by atoms with E-state index in [-0.39, 0.29) is 11.8 Å². The van der Waals surface area contributed by atoms with E-state index in [1.165, 1.54) is 11.8 Å². The van der Waals surface area contributed by atoms with Gasteiger partial charge in [-0.2, -0.15) is 0 Å². The van der Waals surface area contributed by atoms with Gasteiger partial charge in [0, 0.05) is 5.56 Å². The first-order chi connectivity index (χ1) is 8.65. The predicted molar refractivity (Wildman–Crippen MR) is 70.2 cm³/mol. The molecule has 0 saturated heterocycles. The zero-order valence-corrected chi connectivity index (χ0v) is 10.4. The topological polar surface area (TPSA) is 69.9 Å². The number of phenols is 1. The molecule has 3 rings (SSSR count). The Labute approximate surface area is 109 Å². The average Bonchev–Trinajstić information content (AvgIpc) is 3.09. The van der Waals surface area contributed by atoms with Crippen molar-refractivity contribution < 1.29 is 15.0 Å². The zero-order chi connectivity index (χ0) is 12.7. The van der Waals surface area contributed by atoms with Gasteiger partial charge >= 0.3 is 5.97 Å². The third-order valence-electron chi connectivity index (χ3n) is 3.28. The molecule has 0 spiro atoms. The molecule has 5 heteroatoms. The van der Waals surface area contributed by atoms with Gasteiger partial charge in [0.1, 0.15) is 11.0 Å². The fraction of sp³-hybridized carbons (Fsp3) is 0.385. The second-order valence-corrected chi connectivity index (χ2v) is 5.82. The second kappa shape index (κ2) is 4.31. The fourth-order valence-electron chi connectivity index (χ4n) is 2.16. The summed E-state index contributed by atoms with van der Waals surface area (Å²) in [5, 5.41) is 18.8. The maximum atomic E-state index is 11.2. The van der Waals surface area contributed by atoms with Crippen LogP contribution in [-0.4, -0.2) is 32.5 Å². The van der Waals surface area contributed by atoms with Gasteiger partial charge in [0.05, 0.1) is 11.1 Å². The molecule has 0 aromatic heterocycles. The summed E-state index contributed by atoms with van der Waals surface area (Å²) in [5.41, 5.74) is 0.882. The lowest BCUT2D eigenvalue weighted by molar-refractivity contribution is -0.136. The normalized spacial score (nSPS) is 27.0. The number of rotatable bonds is 3. The Morgan fingerprint density at radius 3 is 2.50 bits per heavy atom. The summed E-state index contributed by atoms with van der Waals surface area (Å²) >= 11 is 1.32. The Bertz CT molecular complexity index is 507. The number of hydrogen-bond acceptors (Lipinski definition) is 4. The molecule has 0 bridgehead atoms. The van der Waals surface area contributed by atoms with E-state index in [0.29, 0.717) is 5.92 Å². The van der Waals surface area contributed by atoms with Gasteiger partial charge in [-0.25, -0.2) is 0 Å². The Balaban J connectivity index is 1.87. The molecule has 2 atom stereocenters. The molecule has 1 aliphatic heterocycles. The number of aliphatic imine (C=N–C) groups is 1. The summed E-state index contributed by atoms with van der Waals surface area (Å²) in [6.07, 6.45) is 2.17. The maximum absolute atomic E-state index is 11.2. The average molecular weight is 263 g/mol. The molecule has 1 heterocycles. The lowest BCUT2D eigenvalue weighted by Gasteiger charge is -2.10. The quantitative estimate of drug-likeness (QED) is 0.876. The summed E-state index contributed by atoms with van der Waals surface area (Å²) in [6, 6.07) is 6.65. The molecule has 4 nitrogen and oxygen atoms in total. The van der Waals surface area contributed by atoms with Crippen molar-refractivity contribution in [2.75, 3.05) is 0 Å². The molecule has 1 saturated carbocycles. The van der Waals surface area contributed by atoms with Crippen molar-refractivity contribution in [3.8, 4) is 5.75 Å². The van der Waals surface area contributed by atoms with E-state index >= 15 is 0 Å². The van der Waals surface area contributed by atoms with Gasteiger partial charge in [-0.1, -0.05) is 11.8 Å². The van der Waals surface area contributed by atoms with E-state index in [9.17, 15) is 15.0 Å². The van der Waals surface area contributed by atoms with Crippen molar-refractivity contribution in [2.45, 2.75) is 24.1 Å². The van der Waals surface area contributed by atoms with E-state index in [1.54, 1.807) is 24.3 Å². The van der Waals surface area contributed by atoms with Crippen LogP contribution in [-0.2, 0) is 4.79 Å².